The first-order chi connectivity index (χ1) is 9.17. The minimum atomic E-state index is 0.375. The summed E-state index contributed by atoms with van der Waals surface area (Å²) in [5.41, 5.74) is 6.96. The Hall–Kier alpha value is -1.36. The molecule has 0 aliphatic heterocycles. The molecule has 2 atom stereocenters. The largest absolute Gasteiger partial charge is 0.383 e. The van der Waals surface area contributed by atoms with Gasteiger partial charge in [0, 0.05) is 24.6 Å². The highest BCUT2D eigenvalue weighted by molar-refractivity contribution is 5.55. The highest BCUT2D eigenvalue weighted by Gasteiger charge is 2.29. The van der Waals surface area contributed by atoms with Crippen molar-refractivity contribution in [1.29, 1.82) is 0 Å². The summed E-state index contributed by atoms with van der Waals surface area (Å²) in [4.78, 5) is 9.07. The molecule has 0 amide bonds. The van der Waals surface area contributed by atoms with Gasteiger partial charge in [-0.2, -0.15) is 0 Å². The second-order valence-corrected chi connectivity index (χ2v) is 5.73. The maximum Gasteiger partial charge on any atom is 0.136 e. The van der Waals surface area contributed by atoms with Crippen LogP contribution in [0.2, 0.25) is 0 Å². The molecule has 5 nitrogen and oxygen atoms in total. The third-order valence-electron chi connectivity index (χ3n) is 4.20. The van der Waals surface area contributed by atoms with E-state index < -0.39 is 0 Å². The number of ether oxygens (including phenoxy) is 1. The van der Waals surface area contributed by atoms with E-state index >= 15 is 0 Å². The van der Waals surface area contributed by atoms with Crippen LogP contribution in [0.3, 0.4) is 0 Å². The SMILES string of the molecule is COC1CCC(Nc2nc(C3CC3)nc(N)c2C)C1. The summed E-state index contributed by atoms with van der Waals surface area (Å²) in [5.74, 6) is 2.96. The fraction of sp³-hybridized carbons (Fsp3) is 0.714. The second kappa shape index (κ2) is 4.96. The lowest BCUT2D eigenvalue weighted by atomic mass is 10.2. The Morgan fingerprint density at radius 2 is 2.00 bits per heavy atom. The molecule has 19 heavy (non-hydrogen) atoms. The molecular formula is C14H22N4O. The van der Waals surface area contributed by atoms with Crippen LogP contribution in [0.25, 0.3) is 0 Å². The minimum Gasteiger partial charge on any atom is -0.383 e. The molecule has 2 unspecified atom stereocenters. The molecule has 2 aliphatic carbocycles. The van der Waals surface area contributed by atoms with Crippen LogP contribution in [0.5, 0.6) is 0 Å². The van der Waals surface area contributed by atoms with Crippen LogP contribution in [-0.4, -0.2) is 29.2 Å². The van der Waals surface area contributed by atoms with Gasteiger partial charge >= 0.3 is 0 Å². The molecule has 0 radical (unpaired) electrons. The molecule has 104 valence electrons. The van der Waals surface area contributed by atoms with Crippen molar-refractivity contribution in [3.8, 4) is 0 Å². The smallest absolute Gasteiger partial charge is 0.136 e. The quantitative estimate of drug-likeness (QED) is 0.870. The highest BCUT2D eigenvalue weighted by atomic mass is 16.5. The molecular weight excluding hydrogens is 240 g/mol. The van der Waals surface area contributed by atoms with Crippen LogP contribution in [0.1, 0.15) is 49.4 Å². The van der Waals surface area contributed by atoms with Crippen LogP contribution in [0, 0.1) is 6.92 Å². The van der Waals surface area contributed by atoms with Crippen LogP contribution in [0.15, 0.2) is 0 Å². The number of nitrogens with zero attached hydrogens (tertiary/aromatic N) is 2. The Balaban J connectivity index is 1.76. The van der Waals surface area contributed by atoms with Crippen LogP contribution in [0.4, 0.5) is 11.6 Å². The number of hydrogen-bond donors (Lipinski definition) is 2. The number of nitrogens with two attached hydrogens (primary N) is 1. The number of methoxy groups -OCH3 is 1. The van der Waals surface area contributed by atoms with E-state index in [0.29, 0.717) is 23.9 Å². The van der Waals surface area contributed by atoms with Crippen molar-refractivity contribution < 1.29 is 4.74 Å². The van der Waals surface area contributed by atoms with Crippen molar-refractivity contribution in [2.75, 3.05) is 18.2 Å². The van der Waals surface area contributed by atoms with Crippen LogP contribution >= 0.6 is 0 Å². The number of hydrogen-bond acceptors (Lipinski definition) is 5. The number of nitrogens with one attached hydrogen (secondary N) is 1. The van der Waals surface area contributed by atoms with Gasteiger partial charge in [0.1, 0.15) is 17.5 Å². The molecule has 1 aromatic rings. The summed E-state index contributed by atoms with van der Waals surface area (Å²) >= 11 is 0. The van der Waals surface area contributed by atoms with E-state index in [0.717, 1.165) is 36.5 Å². The van der Waals surface area contributed by atoms with Crippen LogP contribution in [-0.2, 0) is 4.74 Å². The van der Waals surface area contributed by atoms with Gasteiger partial charge in [0.05, 0.1) is 6.10 Å². The zero-order valence-electron chi connectivity index (χ0n) is 11.6. The third-order valence-corrected chi connectivity index (χ3v) is 4.20. The fourth-order valence-electron chi connectivity index (χ4n) is 2.70. The van der Waals surface area contributed by atoms with Gasteiger partial charge in [0.2, 0.25) is 0 Å². The summed E-state index contributed by atoms with van der Waals surface area (Å²) < 4.78 is 5.41. The Morgan fingerprint density at radius 3 is 2.63 bits per heavy atom. The maximum atomic E-state index is 6.00. The zero-order chi connectivity index (χ0) is 13.4. The molecule has 0 spiro atoms. The van der Waals surface area contributed by atoms with Gasteiger partial charge in [-0.05, 0) is 39.0 Å². The molecule has 5 heteroatoms. The summed E-state index contributed by atoms with van der Waals surface area (Å²) in [6, 6.07) is 0.435. The molecule has 0 saturated heterocycles. The van der Waals surface area contributed by atoms with E-state index in [4.69, 9.17) is 10.5 Å². The molecule has 3 rings (SSSR count). The number of rotatable bonds is 4. The molecule has 2 aliphatic rings. The molecule has 2 fully saturated rings. The Morgan fingerprint density at radius 1 is 1.21 bits per heavy atom. The van der Waals surface area contributed by atoms with Gasteiger partial charge in [-0.1, -0.05) is 0 Å². The van der Waals surface area contributed by atoms with E-state index in [1.807, 2.05) is 6.92 Å². The number of anilines is 2. The monoisotopic (exact) mass is 262 g/mol. The first kappa shape index (κ1) is 12.7. The van der Waals surface area contributed by atoms with Crippen molar-refractivity contribution in [2.45, 2.75) is 57.1 Å². The van der Waals surface area contributed by atoms with Crippen molar-refractivity contribution in [1.82, 2.24) is 9.97 Å². The van der Waals surface area contributed by atoms with Gasteiger partial charge in [-0.25, -0.2) is 9.97 Å². The van der Waals surface area contributed by atoms with Crippen molar-refractivity contribution in [3.05, 3.63) is 11.4 Å². The van der Waals surface area contributed by atoms with Gasteiger partial charge in [-0.15, -0.1) is 0 Å². The molecule has 2 saturated carbocycles. The number of nitrogen functional groups attached to an aromatic ring is 1. The van der Waals surface area contributed by atoms with Gasteiger partial charge < -0.3 is 15.8 Å². The normalized spacial score (nSPS) is 26.6. The predicted molar refractivity (Wildman–Crippen MR) is 75.2 cm³/mol. The topological polar surface area (TPSA) is 73.1 Å². The summed E-state index contributed by atoms with van der Waals surface area (Å²) in [6.45, 7) is 1.98. The van der Waals surface area contributed by atoms with Gasteiger partial charge in [0.25, 0.3) is 0 Å². The van der Waals surface area contributed by atoms with Crippen LogP contribution < -0.4 is 11.1 Å². The van der Waals surface area contributed by atoms with E-state index in [9.17, 15) is 0 Å². The lowest BCUT2D eigenvalue weighted by molar-refractivity contribution is 0.108. The summed E-state index contributed by atoms with van der Waals surface area (Å²) in [6.07, 6.45) is 6.04. The minimum absolute atomic E-state index is 0.375. The Bertz CT molecular complexity index is 473. The zero-order valence-corrected chi connectivity index (χ0v) is 11.6. The van der Waals surface area contributed by atoms with E-state index in [1.54, 1.807) is 7.11 Å². The van der Waals surface area contributed by atoms with Crippen molar-refractivity contribution in [2.24, 2.45) is 0 Å². The third kappa shape index (κ3) is 2.66. The van der Waals surface area contributed by atoms with E-state index in [2.05, 4.69) is 15.3 Å². The van der Waals surface area contributed by atoms with Gasteiger partial charge in [0.15, 0.2) is 0 Å². The Labute approximate surface area is 114 Å². The molecule has 0 bridgehead atoms. The number of aromatic nitrogens is 2. The first-order valence-electron chi connectivity index (χ1n) is 7.10. The molecule has 3 N–H and O–H groups in total. The summed E-state index contributed by atoms with van der Waals surface area (Å²) in [5, 5.41) is 3.53. The fourth-order valence-corrected chi connectivity index (χ4v) is 2.70. The molecule has 0 aromatic carbocycles. The standard InChI is InChI=1S/C14H22N4O/c1-8-12(15)17-14(9-3-4-9)18-13(8)16-10-5-6-11(7-10)19-2/h9-11H,3-7H2,1-2H3,(H3,15,16,17,18). The second-order valence-electron chi connectivity index (χ2n) is 5.73. The lowest BCUT2D eigenvalue weighted by Gasteiger charge is -2.17. The van der Waals surface area contributed by atoms with Crippen molar-refractivity contribution in [3.63, 3.8) is 0 Å². The Kier molecular flexibility index (Phi) is 3.31. The average Bonchev–Trinajstić information content (AvgIpc) is 3.15. The predicted octanol–water partition coefficient (Wildman–Crippen LogP) is 2.22. The molecule has 1 aromatic heterocycles. The first-order valence-corrected chi connectivity index (χ1v) is 7.10. The van der Waals surface area contributed by atoms with E-state index in [1.165, 1.54) is 12.8 Å². The maximum absolute atomic E-state index is 6.00. The highest BCUT2D eigenvalue weighted by Crippen LogP contribution is 2.39. The lowest BCUT2D eigenvalue weighted by Crippen LogP contribution is -2.20. The summed E-state index contributed by atoms with van der Waals surface area (Å²) in [7, 11) is 1.78. The van der Waals surface area contributed by atoms with Gasteiger partial charge in [-0.3, -0.25) is 0 Å². The molecule has 1 heterocycles. The van der Waals surface area contributed by atoms with E-state index in [-0.39, 0.29) is 0 Å². The average molecular weight is 262 g/mol. The van der Waals surface area contributed by atoms with Crippen molar-refractivity contribution >= 4 is 11.6 Å².